The van der Waals surface area contributed by atoms with Crippen LogP contribution < -0.4 is 4.74 Å². The molecule has 0 unspecified atom stereocenters. The van der Waals surface area contributed by atoms with Gasteiger partial charge in [0.25, 0.3) is 5.91 Å². The van der Waals surface area contributed by atoms with E-state index < -0.39 is 0 Å². The lowest BCUT2D eigenvalue weighted by Gasteiger charge is -2.12. The molecule has 2 heterocycles. The van der Waals surface area contributed by atoms with Gasteiger partial charge in [-0.3, -0.25) is 9.59 Å². The smallest absolute Gasteiger partial charge is 0.276 e. The van der Waals surface area contributed by atoms with Crippen molar-refractivity contribution in [2.24, 2.45) is 0 Å². The van der Waals surface area contributed by atoms with Crippen LogP contribution in [0.15, 0.2) is 34.9 Å². The molecule has 1 aliphatic rings. The third kappa shape index (κ3) is 3.59. The van der Waals surface area contributed by atoms with Gasteiger partial charge in [0.15, 0.2) is 17.2 Å². The van der Waals surface area contributed by atoms with E-state index in [9.17, 15) is 9.59 Å². The Hall–Kier alpha value is -2.63. The van der Waals surface area contributed by atoms with Gasteiger partial charge in [-0.25, -0.2) is 0 Å². The number of ether oxygens (including phenoxy) is 1. The van der Waals surface area contributed by atoms with Crippen molar-refractivity contribution >= 4 is 11.7 Å². The van der Waals surface area contributed by atoms with E-state index in [-0.39, 0.29) is 18.3 Å². The first-order chi connectivity index (χ1) is 11.1. The summed E-state index contributed by atoms with van der Waals surface area (Å²) in [6.07, 6.45) is 2.07. The normalized spacial score (nSPS) is 14.0. The fourth-order valence-electron chi connectivity index (χ4n) is 2.52. The first-order valence-corrected chi connectivity index (χ1v) is 7.62. The second-order valence-electron chi connectivity index (χ2n) is 5.55. The van der Waals surface area contributed by atoms with Crippen molar-refractivity contribution in [2.75, 3.05) is 13.1 Å². The molecular weight excluding hydrogens is 296 g/mol. The number of amides is 1. The van der Waals surface area contributed by atoms with Gasteiger partial charge in [-0.1, -0.05) is 17.3 Å². The molecule has 6 heteroatoms. The minimum Gasteiger partial charge on any atom is -0.486 e. The van der Waals surface area contributed by atoms with Crippen LogP contribution in [0.1, 0.15) is 46.4 Å². The maximum Gasteiger partial charge on any atom is 0.276 e. The van der Waals surface area contributed by atoms with Gasteiger partial charge >= 0.3 is 0 Å². The molecule has 0 bridgehead atoms. The van der Waals surface area contributed by atoms with Gasteiger partial charge in [0, 0.05) is 24.7 Å². The van der Waals surface area contributed by atoms with Crippen LogP contribution >= 0.6 is 0 Å². The van der Waals surface area contributed by atoms with Gasteiger partial charge in [-0.15, -0.1) is 0 Å². The molecule has 1 aromatic carbocycles. The summed E-state index contributed by atoms with van der Waals surface area (Å²) in [7, 11) is 0. The highest BCUT2D eigenvalue weighted by Crippen LogP contribution is 2.17. The Bertz CT molecular complexity index is 717. The molecule has 0 radical (unpaired) electrons. The highest BCUT2D eigenvalue weighted by molar-refractivity contribution is 5.94. The zero-order chi connectivity index (χ0) is 16.2. The van der Waals surface area contributed by atoms with Crippen molar-refractivity contribution in [1.82, 2.24) is 10.1 Å². The maximum atomic E-state index is 12.2. The number of hydrogen-bond donors (Lipinski definition) is 0. The Kier molecular flexibility index (Phi) is 4.41. The average Bonchev–Trinajstić information content (AvgIpc) is 3.24. The number of Topliss-reactive ketones (excluding diaryl/α,β-unsaturated/α-hetero) is 1. The predicted octanol–water partition coefficient (Wildman–Crippen LogP) is 2.69. The van der Waals surface area contributed by atoms with E-state index in [2.05, 4.69) is 5.16 Å². The standard InChI is InChI=1S/C17H18N2O4/c1-12(20)13-5-4-6-14(9-13)22-11-15-10-16(18-23-15)17(21)19-7-2-3-8-19/h4-6,9-10H,2-3,7-8,11H2,1H3. The van der Waals surface area contributed by atoms with Crippen molar-refractivity contribution in [2.45, 2.75) is 26.4 Å². The number of benzene rings is 1. The largest absolute Gasteiger partial charge is 0.486 e. The molecule has 120 valence electrons. The van der Waals surface area contributed by atoms with Crippen LogP contribution in [0.3, 0.4) is 0 Å². The highest BCUT2D eigenvalue weighted by Gasteiger charge is 2.22. The van der Waals surface area contributed by atoms with Crippen LogP contribution in [-0.2, 0) is 6.61 Å². The van der Waals surface area contributed by atoms with E-state index in [1.54, 1.807) is 35.2 Å². The van der Waals surface area contributed by atoms with Crippen LogP contribution in [0, 0.1) is 0 Å². The molecular formula is C17H18N2O4. The lowest BCUT2D eigenvalue weighted by atomic mass is 10.1. The minimum absolute atomic E-state index is 0.0198. The van der Waals surface area contributed by atoms with Gasteiger partial charge in [0.1, 0.15) is 12.4 Å². The summed E-state index contributed by atoms with van der Waals surface area (Å²) in [5.41, 5.74) is 0.896. The number of likely N-dealkylation sites (tertiary alicyclic amines) is 1. The molecule has 1 amide bonds. The van der Waals surface area contributed by atoms with E-state index in [1.165, 1.54) is 6.92 Å². The van der Waals surface area contributed by atoms with Crippen LogP contribution in [-0.4, -0.2) is 34.8 Å². The summed E-state index contributed by atoms with van der Waals surface area (Å²) in [6, 6.07) is 8.54. The number of rotatable bonds is 5. The number of ketones is 1. The molecule has 23 heavy (non-hydrogen) atoms. The molecule has 0 spiro atoms. The molecule has 0 N–H and O–H groups in total. The SMILES string of the molecule is CC(=O)c1cccc(OCc2cc(C(=O)N3CCCC3)no2)c1. The zero-order valence-corrected chi connectivity index (χ0v) is 12.9. The molecule has 1 saturated heterocycles. The van der Waals surface area contributed by atoms with Crippen molar-refractivity contribution < 1.29 is 18.8 Å². The third-order valence-electron chi connectivity index (χ3n) is 3.79. The molecule has 1 aliphatic heterocycles. The first-order valence-electron chi connectivity index (χ1n) is 7.62. The zero-order valence-electron chi connectivity index (χ0n) is 12.9. The number of hydrogen-bond acceptors (Lipinski definition) is 5. The number of carbonyl (C=O) groups excluding carboxylic acids is 2. The number of carbonyl (C=O) groups is 2. The van der Waals surface area contributed by atoms with Crippen molar-refractivity contribution in [1.29, 1.82) is 0 Å². The summed E-state index contributed by atoms with van der Waals surface area (Å²) >= 11 is 0. The predicted molar refractivity (Wildman–Crippen MR) is 82.4 cm³/mol. The molecule has 0 atom stereocenters. The Morgan fingerprint density at radius 1 is 1.26 bits per heavy atom. The van der Waals surface area contributed by atoms with E-state index in [0.717, 1.165) is 25.9 Å². The van der Waals surface area contributed by atoms with E-state index in [1.807, 2.05) is 0 Å². The van der Waals surface area contributed by atoms with Crippen molar-refractivity contribution in [3.8, 4) is 5.75 Å². The van der Waals surface area contributed by atoms with Crippen molar-refractivity contribution in [3.63, 3.8) is 0 Å². The van der Waals surface area contributed by atoms with Gasteiger partial charge in [0.2, 0.25) is 0 Å². The van der Waals surface area contributed by atoms with Crippen LogP contribution in [0.2, 0.25) is 0 Å². The Morgan fingerprint density at radius 3 is 2.78 bits per heavy atom. The monoisotopic (exact) mass is 314 g/mol. The Labute approximate surface area is 134 Å². The van der Waals surface area contributed by atoms with E-state index in [0.29, 0.717) is 22.8 Å². The van der Waals surface area contributed by atoms with Crippen LogP contribution in [0.4, 0.5) is 0 Å². The average molecular weight is 314 g/mol. The summed E-state index contributed by atoms with van der Waals surface area (Å²) in [5.74, 6) is 0.923. The Balaban J connectivity index is 1.62. The number of nitrogens with zero attached hydrogens (tertiary/aromatic N) is 2. The lowest BCUT2D eigenvalue weighted by Crippen LogP contribution is -2.27. The van der Waals surface area contributed by atoms with Crippen LogP contribution in [0.5, 0.6) is 5.75 Å². The van der Waals surface area contributed by atoms with E-state index >= 15 is 0 Å². The molecule has 6 nitrogen and oxygen atoms in total. The second kappa shape index (κ2) is 6.64. The molecule has 1 fully saturated rings. The summed E-state index contributed by atoms with van der Waals surface area (Å²) in [4.78, 5) is 25.3. The minimum atomic E-state index is -0.101. The van der Waals surface area contributed by atoms with E-state index in [4.69, 9.17) is 9.26 Å². The molecule has 0 saturated carbocycles. The lowest BCUT2D eigenvalue weighted by molar-refractivity contribution is 0.0782. The second-order valence-corrected chi connectivity index (χ2v) is 5.55. The fraction of sp³-hybridized carbons (Fsp3) is 0.353. The fourth-order valence-corrected chi connectivity index (χ4v) is 2.52. The highest BCUT2D eigenvalue weighted by atomic mass is 16.5. The third-order valence-corrected chi connectivity index (χ3v) is 3.79. The number of aromatic nitrogens is 1. The molecule has 1 aromatic heterocycles. The van der Waals surface area contributed by atoms with Gasteiger partial charge in [-0.05, 0) is 31.9 Å². The summed E-state index contributed by atoms with van der Waals surface area (Å²) in [6.45, 7) is 3.21. The molecule has 2 aromatic rings. The van der Waals surface area contributed by atoms with Gasteiger partial charge < -0.3 is 14.2 Å². The Morgan fingerprint density at radius 2 is 2.04 bits per heavy atom. The van der Waals surface area contributed by atoms with Crippen LogP contribution in [0.25, 0.3) is 0 Å². The maximum absolute atomic E-state index is 12.2. The topological polar surface area (TPSA) is 72.6 Å². The molecule has 0 aliphatic carbocycles. The van der Waals surface area contributed by atoms with Gasteiger partial charge in [-0.2, -0.15) is 0 Å². The molecule has 3 rings (SSSR count). The first kappa shape index (κ1) is 15.3. The van der Waals surface area contributed by atoms with Gasteiger partial charge in [0.05, 0.1) is 0 Å². The quantitative estimate of drug-likeness (QED) is 0.793. The van der Waals surface area contributed by atoms with Crippen molar-refractivity contribution in [3.05, 3.63) is 47.3 Å². The summed E-state index contributed by atoms with van der Waals surface area (Å²) in [5, 5.41) is 3.82. The summed E-state index contributed by atoms with van der Waals surface area (Å²) < 4.78 is 10.7.